The molecule has 0 unspecified atom stereocenters. The van der Waals surface area contributed by atoms with Crippen LogP contribution in [-0.4, -0.2) is 32.1 Å². The summed E-state index contributed by atoms with van der Waals surface area (Å²) in [6.07, 6.45) is 3.68. The van der Waals surface area contributed by atoms with Crippen LogP contribution >= 0.6 is 0 Å². The van der Waals surface area contributed by atoms with E-state index in [0.717, 1.165) is 25.7 Å². The first-order valence-corrected chi connectivity index (χ1v) is 5.01. The van der Waals surface area contributed by atoms with Crippen molar-refractivity contribution in [2.24, 2.45) is 11.5 Å². The molecule has 0 atom stereocenters. The molecule has 0 aliphatic carbocycles. The molecule has 0 amide bonds. The van der Waals surface area contributed by atoms with Crippen LogP contribution in [0.1, 0.15) is 25.7 Å². The second kappa shape index (κ2) is 5.54. The normalized spacial score (nSPS) is 20.8. The summed E-state index contributed by atoms with van der Waals surface area (Å²) in [7, 11) is 0. The highest BCUT2D eigenvalue weighted by Crippen LogP contribution is 2.29. The minimum atomic E-state index is -0.362. The summed E-state index contributed by atoms with van der Waals surface area (Å²) in [6, 6.07) is 0. The van der Waals surface area contributed by atoms with Crippen molar-refractivity contribution in [1.82, 2.24) is 0 Å². The number of hydrogen-bond donors (Lipinski definition) is 2. The highest BCUT2D eigenvalue weighted by atomic mass is 16.7. The quantitative estimate of drug-likeness (QED) is 0.625. The second-order valence-electron chi connectivity index (χ2n) is 3.39. The number of ether oxygens (including phenoxy) is 2. The SMILES string of the molecule is NCCCC1(CCCN)OCCO1. The highest BCUT2D eigenvalue weighted by molar-refractivity contribution is 4.74. The summed E-state index contributed by atoms with van der Waals surface area (Å²) in [5, 5.41) is 0. The molecule has 0 spiro atoms. The molecule has 1 rings (SSSR count). The molecule has 0 aromatic carbocycles. The minimum absolute atomic E-state index is 0.362. The molecule has 4 heteroatoms. The van der Waals surface area contributed by atoms with E-state index in [2.05, 4.69) is 0 Å². The van der Waals surface area contributed by atoms with Crippen LogP contribution < -0.4 is 11.5 Å². The first kappa shape index (κ1) is 10.9. The topological polar surface area (TPSA) is 70.5 Å². The van der Waals surface area contributed by atoms with Crippen molar-refractivity contribution in [1.29, 1.82) is 0 Å². The maximum atomic E-state index is 5.61. The predicted molar refractivity (Wildman–Crippen MR) is 51.2 cm³/mol. The lowest BCUT2D eigenvalue weighted by atomic mass is 10.0. The monoisotopic (exact) mass is 188 g/mol. The standard InChI is InChI=1S/C9H20N2O2/c10-5-1-3-9(4-2-6-11)12-7-8-13-9/h1-8,10-11H2. The van der Waals surface area contributed by atoms with Crippen LogP contribution in [0.4, 0.5) is 0 Å². The Morgan fingerprint density at radius 1 is 0.923 bits per heavy atom. The molecular weight excluding hydrogens is 168 g/mol. The van der Waals surface area contributed by atoms with Crippen LogP contribution in [0.15, 0.2) is 0 Å². The van der Waals surface area contributed by atoms with E-state index in [9.17, 15) is 0 Å². The van der Waals surface area contributed by atoms with Gasteiger partial charge < -0.3 is 20.9 Å². The Morgan fingerprint density at radius 3 is 1.77 bits per heavy atom. The van der Waals surface area contributed by atoms with Crippen molar-refractivity contribution in [2.45, 2.75) is 31.5 Å². The minimum Gasteiger partial charge on any atom is -0.348 e. The molecule has 4 N–H and O–H groups in total. The van der Waals surface area contributed by atoms with Crippen molar-refractivity contribution in [3.63, 3.8) is 0 Å². The van der Waals surface area contributed by atoms with Gasteiger partial charge in [-0.2, -0.15) is 0 Å². The number of hydrogen-bond acceptors (Lipinski definition) is 4. The van der Waals surface area contributed by atoms with Gasteiger partial charge in [-0.1, -0.05) is 0 Å². The molecule has 1 aliphatic heterocycles. The summed E-state index contributed by atoms with van der Waals surface area (Å²) in [6.45, 7) is 2.79. The van der Waals surface area contributed by atoms with Crippen molar-refractivity contribution in [3.05, 3.63) is 0 Å². The van der Waals surface area contributed by atoms with Gasteiger partial charge in [0.1, 0.15) is 0 Å². The van der Waals surface area contributed by atoms with E-state index < -0.39 is 0 Å². The molecule has 1 saturated heterocycles. The van der Waals surface area contributed by atoms with Crippen LogP contribution in [0.2, 0.25) is 0 Å². The lowest BCUT2D eigenvalue weighted by Gasteiger charge is -2.27. The molecule has 0 saturated carbocycles. The summed E-state index contributed by atoms with van der Waals surface area (Å²) in [5.41, 5.74) is 10.9. The Kier molecular flexibility index (Phi) is 4.66. The lowest BCUT2D eigenvalue weighted by Crippen LogP contribution is -2.31. The van der Waals surface area contributed by atoms with Crippen molar-refractivity contribution in [2.75, 3.05) is 26.3 Å². The van der Waals surface area contributed by atoms with Crippen LogP contribution in [0.3, 0.4) is 0 Å². The lowest BCUT2D eigenvalue weighted by molar-refractivity contribution is -0.167. The third kappa shape index (κ3) is 3.23. The van der Waals surface area contributed by atoms with E-state index >= 15 is 0 Å². The number of rotatable bonds is 6. The fourth-order valence-electron chi connectivity index (χ4n) is 1.65. The summed E-state index contributed by atoms with van der Waals surface area (Å²) < 4.78 is 11.2. The van der Waals surface area contributed by atoms with Gasteiger partial charge in [-0.15, -0.1) is 0 Å². The Balaban J connectivity index is 2.33. The van der Waals surface area contributed by atoms with Gasteiger partial charge in [0.2, 0.25) is 0 Å². The van der Waals surface area contributed by atoms with E-state index in [1.807, 2.05) is 0 Å². The van der Waals surface area contributed by atoms with Crippen molar-refractivity contribution < 1.29 is 9.47 Å². The molecule has 1 heterocycles. The zero-order valence-electron chi connectivity index (χ0n) is 8.13. The Labute approximate surface area is 79.6 Å². The molecule has 1 fully saturated rings. The fraction of sp³-hybridized carbons (Fsp3) is 1.00. The third-order valence-electron chi connectivity index (χ3n) is 2.34. The van der Waals surface area contributed by atoms with E-state index in [-0.39, 0.29) is 5.79 Å². The van der Waals surface area contributed by atoms with Crippen molar-refractivity contribution >= 4 is 0 Å². The van der Waals surface area contributed by atoms with E-state index in [0.29, 0.717) is 26.3 Å². The number of nitrogens with two attached hydrogens (primary N) is 2. The van der Waals surface area contributed by atoms with E-state index in [4.69, 9.17) is 20.9 Å². The summed E-state index contributed by atoms with van der Waals surface area (Å²) >= 11 is 0. The highest BCUT2D eigenvalue weighted by Gasteiger charge is 2.34. The molecule has 4 nitrogen and oxygen atoms in total. The zero-order chi connectivity index (χ0) is 9.57. The Morgan fingerprint density at radius 2 is 1.38 bits per heavy atom. The molecule has 0 aromatic rings. The summed E-state index contributed by atoms with van der Waals surface area (Å²) in [4.78, 5) is 0. The van der Waals surface area contributed by atoms with Crippen LogP contribution in [-0.2, 0) is 9.47 Å². The smallest absolute Gasteiger partial charge is 0.168 e. The predicted octanol–water partition coefficient (Wildman–Crippen LogP) is 0.207. The van der Waals surface area contributed by atoms with Crippen LogP contribution in [0.5, 0.6) is 0 Å². The Hall–Kier alpha value is -0.160. The molecule has 0 bridgehead atoms. The zero-order valence-corrected chi connectivity index (χ0v) is 8.13. The van der Waals surface area contributed by atoms with Gasteiger partial charge in [0.25, 0.3) is 0 Å². The average molecular weight is 188 g/mol. The van der Waals surface area contributed by atoms with Gasteiger partial charge in [-0.05, 0) is 25.9 Å². The maximum absolute atomic E-state index is 5.61. The van der Waals surface area contributed by atoms with E-state index in [1.165, 1.54) is 0 Å². The van der Waals surface area contributed by atoms with Gasteiger partial charge in [0, 0.05) is 12.8 Å². The maximum Gasteiger partial charge on any atom is 0.168 e. The van der Waals surface area contributed by atoms with E-state index in [1.54, 1.807) is 0 Å². The molecule has 0 radical (unpaired) electrons. The molecular formula is C9H20N2O2. The first-order chi connectivity index (χ1) is 6.33. The van der Waals surface area contributed by atoms with Gasteiger partial charge >= 0.3 is 0 Å². The van der Waals surface area contributed by atoms with Gasteiger partial charge in [0.15, 0.2) is 5.79 Å². The second-order valence-corrected chi connectivity index (χ2v) is 3.39. The van der Waals surface area contributed by atoms with Crippen LogP contribution in [0, 0.1) is 0 Å². The molecule has 78 valence electrons. The van der Waals surface area contributed by atoms with Gasteiger partial charge in [0.05, 0.1) is 13.2 Å². The Bertz CT molecular complexity index is 126. The average Bonchev–Trinajstić information content (AvgIpc) is 2.61. The van der Waals surface area contributed by atoms with Crippen LogP contribution in [0.25, 0.3) is 0 Å². The van der Waals surface area contributed by atoms with Gasteiger partial charge in [-0.25, -0.2) is 0 Å². The van der Waals surface area contributed by atoms with Crippen molar-refractivity contribution in [3.8, 4) is 0 Å². The fourth-order valence-corrected chi connectivity index (χ4v) is 1.65. The third-order valence-corrected chi connectivity index (χ3v) is 2.34. The molecule has 13 heavy (non-hydrogen) atoms. The summed E-state index contributed by atoms with van der Waals surface area (Å²) in [5.74, 6) is -0.362. The first-order valence-electron chi connectivity index (χ1n) is 5.01. The molecule has 0 aromatic heterocycles. The largest absolute Gasteiger partial charge is 0.348 e. The van der Waals surface area contributed by atoms with Gasteiger partial charge in [-0.3, -0.25) is 0 Å². The molecule has 1 aliphatic rings.